The predicted molar refractivity (Wildman–Crippen MR) is 129 cm³/mol. The molecule has 3 aromatic rings. The van der Waals surface area contributed by atoms with Gasteiger partial charge in [0.1, 0.15) is 5.75 Å². The lowest BCUT2D eigenvalue weighted by atomic mass is 9.73. The highest BCUT2D eigenvalue weighted by atomic mass is 31.1. The van der Waals surface area contributed by atoms with E-state index in [-0.39, 0.29) is 5.41 Å². The summed E-state index contributed by atoms with van der Waals surface area (Å²) in [5.74, 6) is 3.45. The minimum atomic E-state index is -0.510. The van der Waals surface area contributed by atoms with Gasteiger partial charge in [0.25, 0.3) is 0 Å². The van der Waals surface area contributed by atoms with Gasteiger partial charge in [0.05, 0.1) is 7.11 Å². The molecule has 3 aromatic carbocycles. The van der Waals surface area contributed by atoms with E-state index in [1.165, 1.54) is 38.5 Å². The molecule has 0 N–H and O–H groups in total. The fourth-order valence-electron chi connectivity index (χ4n) is 4.71. The molecule has 0 amide bonds. The first-order valence-corrected chi connectivity index (χ1v) is 11.7. The van der Waals surface area contributed by atoms with E-state index < -0.39 is 7.92 Å². The van der Waals surface area contributed by atoms with Crippen LogP contribution >= 0.6 is 7.92 Å². The first-order chi connectivity index (χ1) is 14.6. The van der Waals surface area contributed by atoms with Crippen molar-refractivity contribution in [3.63, 3.8) is 0 Å². The number of methoxy groups -OCH3 is 1. The zero-order valence-electron chi connectivity index (χ0n) is 17.6. The minimum Gasteiger partial charge on any atom is -0.497 e. The van der Waals surface area contributed by atoms with Gasteiger partial charge in [0.2, 0.25) is 0 Å². The van der Waals surface area contributed by atoms with E-state index in [0.717, 1.165) is 5.75 Å². The van der Waals surface area contributed by atoms with Crippen molar-refractivity contribution < 1.29 is 4.74 Å². The smallest absolute Gasteiger partial charge is 0.118 e. The number of benzene rings is 3. The summed E-state index contributed by atoms with van der Waals surface area (Å²) < 4.78 is 5.35. The Labute approximate surface area is 180 Å². The summed E-state index contributed by atoms with van der Waals surface area (Å²) in [4.78, 5) is 0. The van der Waals surface area contributed by atoms with Gasteiger partial charge in [-0.1, -0.05) is 72.8 Å². The van der Waals surface area contributed by atoms with Crippen molar-refractivity contribution in [1.82, 2.24) is 0 Å². The maximum atomic E-state index is 5.35. The zero-order valence-corrected chi connectivity index (χ0v) is 18.5. The van der Waals surface area contributed by atoms with Gasteiger partial charge in [-0.05, 0) is 84.3 Å². The average molecular weight is 408 g/mol. The quantitative estimate of drug-likeness (QED) is 0.397. The van der Waals surface area contributed by atoms with Crippen LogP contribution in [0.25, 0.3) is 17.0 Å². The SMILES string of the molecule is COc1ccc(/C=C2\P3C=C(c4ccccc4)C2(C)C(C)=C3c2ccccc2)cc1. The summed E-state index contributed by atoms with van der Waals surface area (Å²) in [5, 5.41) is 3.05. The van der Waals surface area contributed by atoms with Gasteiger partial charge < -0.3 is 4.74 Å². The van der Waals surface area contributed by atoms with Crippen molar-refractivity contribution in [2.75, 3.05) is 7.11 Å². The Morgan fingerprint density at radius 1 is 0.800 bits per heavy atom. The van der Waals surface area contributed by atoms with Crippen molar-refractivity contribution in [2.45, 2.75) is 13.8 Å². The summed E-state index contributed by atoms with van der Waals surface area (Å²) in [6.45, 7) is 4.75. The largest absolute Gasteiger partial charge is 0.497 e. The van der Waals surface area contributed by atoms with E-state index in [0.29, 0.717) is 0 Å². The van der Waals surface area contributed by atoms with Gasteiger partial charge in [-0.3, -0.25) is 0 Å². The second-order valence-corrected chi connectivity index (χ2v) is 9.97. The highest BCUT2D eigenvalue weighted by Crippen LogP contribution is 2.80. The summed E-state index contributed by atoms with van der Waals surface area (Å²) in [6, 6.07) is 30.2. The molecule has 1 nitrogen and oxygen atoms in total. The molecule has 0 spiro atoms. The molecule has 0 aliphatic carbocycles. The Hall–Kier alpha value is -2.89. The van der Waals surface area contributed by atoms with Gasteiger partial charge in [-0.15, -0.1) is 0 Å². The summed E-state index contributed by atoms with van der Waals surface area (Å²) in [5.41, 5.74) is 6.78. The second-order valence-electron chi connectivity index (χ2n) is 8.05. The Morgan fingerprint density at radius 3 is 2.00 bits per heavy atom. The van der Waals surface area contributed by atoms with Crippen LogP contribution in [0.4, 0.5) is 0 Å². The lowest BCUT2D eigenvalue weighted by Gasteiger charge is -2.29. The lowest BCUT2D eigenvalue weighted by molar-refractivity contribution is 0.415. The van der Waals surface area contributed by atoms with Crippen molar-refractivity contribution in [2.24, 2.45) is 5.41 Å². The number of rotatable bonds is 4. The fraction of sp³-hybridized carbons (Fsp3) is 0.143. The van der Waals surface area contributed by atoms with E-state index in [1.807, 2.05) is 12.1 Å². The van der Waals surface area contributed by atoms with Crippen LogP contribution in [-0.2, 0) is 0 Å². The highest BCUT2D eigenvalue weighted by Gasteiger charge is 2.51. The molecule has 2 heteroatoms. The minimum absolute atomic E-state index is 0.0713. The molecule has 148 valence electrons. The molecule has 5 rings (SSSR count). The average Bonchev–Trinajstić information content (AvgIpc) is 3.19. The summed E-state index contributed by atoms with van der Waals surface area (Å²) in [7, 11) is 1.20. The van der Waals surface area contributed by atoms with E-state index in [9.17, 15) is 0 Å². The van der Waals surface area contributed by atoms with E-state index in [4.69, 9.17) is 4.74 Å². The van der Waals surface area contributed by atoms with E-state index in [2.05, 4.69) is 98.5 Å². The van der Waals surface area contributed by atoms with Crippen LogP contribution in [0.5, 0.6) is 5.75 Å². The van der Waals surface area contributed by atoms with Crippen LogP contribution in [0.15, 0.2) is 102 Å². The number of ether oxygens (including phenoxy) is 1. The Morgan fingerprint density at radius 2 is 1.40 bits per heavy atom. The third-order valence-electron chi connectivity index (χ3n) is 6.47. The van der Waals surface area contributed by atoms with Crippen molar-refractivity contribution in [3.05, 3.63) is 118 Å². The molecule has 30 heavy (non-hydrogen) atoms. The standard InChI is InChI=1S/C28H25OP/c1-20-27(23-12-8-5-9-13-23)30-19-25(22-10-6-4-7-11-22)28(20,2)26(30)18-21-14-16-24(29-3)17-15-21/h4-19H,1-3H3/b26-18-. The Balaban J connectivity index is 1.66. The number of fused-ring (bicyclic) bond motifs is 2. The topological polar surface area (TPSA) is 9.23 Å². The van der Waals surface area contributed by atoms with Crippen LogP contribution in [0.3, 0.4) is 0 Å². The van der Waals surface area contributed by atoms with Gasteiger partial charge in [0.15, 0.2) is 0 Å². The third kappa shape index (κ3) is 2.89. The van der Waals surface area contributed by atoms with Crippen molar-refractivity contribution in [1.29, 1.82) is 0 Å². The molecule has 2 unspecified atom stereocenters. The number of allylic oxidation sites excluding steroid dienone is 3. The summed E-state index contributed by atoms with van der Waals surface area (Å²) >= 11 is 0. The zero-order chi connectivity index (χ0) is 20.7. The Kier molecular flexibility index (Phi) is 4.72. The Bertz CT molecular complexity index is 1170. The molecule has 2 bridgehead atoms. The molecular weight excluding hydrogens is 383 g/mol. The van der Waals surface area contributed by atoms with Crippen LogP contribution in [0.2, 0.25) is 0 Å². The maximum Gasteiger partial charge on any atom is 0.118 e. The van der Waals surface area contributed by atoms with Gasteiger partial charge in [-0.2, -0.15) is 0 Å². The second kappa shape index (κ2) is 7.42. The molecule has 2 aliphatic heterocycles. The molecular formula is C28H25OP. The molecule has 0 fully saturated rings. The third-order valence-corrected chi connectivity index (χ3v) is 9.15. The van der Waals surface area contributed by atoms with Crippen LogP contribution < -0.4 is 4.74 Å². The molecule has 0 radical (unpaired) electrons. The number of hydrogen-bond donors (Lipinski definition) is 0. The monoisotopic (exact) mass is 408 g/mol. The lowest BCUT2D eigenvalue weighted by Crippen LogP contribution is -2.17. The first-order valence-electron chi connectivity index (χ1n) is 10.3. The summed E-state index contributed by atoms with van der Waals surface area (Å²) in [6.07, 6.45) is 2.41. The normalized spacial score (nSPS) is 23.8. The molecule has 0 saturated carbocycles. The van der Waals surface area contributed by atoms with Gasteiger partial charge in [-0.25, -0.2) is 0 Å². The van der Waals surface area contributed by atoms with Crippen LogP contribution in [-0.4, -0.2) is 7.11 Å². The van der Waals surface area contributed by atoms with E-state index in [1.54, 1.807) is 7.11 Å². The molecule has 0 aromatic heterocycles. The highest BCUT2D eigenvalue weighted by molar-refractivity contribution is 7.76. The van der Waals surface area contributed by atoms with Crippen LogP contribution in [0.1, 0.15) is 30.5 Å². The maximum absolute atomic E-state index is 5.35. The molecule has 0 saturated heterocycles. The number of hydrogen-bond acceptors (Lipinski definition) is 1. The van der Waals surface area contributed by atoms with Gasteiger partial charge in [0, 0.05) is 5.41 Å². The van der Waals surface area contributed by atoms with Crippen LogP contribution in [0, 0.1) is 5.41 Å². The molecule has 2 heterocycles. The van der Waals surface area contributed by atoms with Crippen molar-refractivity contribution in [3.8, 4) is 5.75 Å². The van der Waals surface area contributed by atoms with Crippen molar-refractivity contribution >= 4 is 24.9 Å². The predicted octanol–water partition coefficient (Wildman–Crippen LogP) is 8.02. The first kappa shape index (κ1) is 19.1. The fourth-order valence-corrected chi connectivity index (χ4v) is 7.95. The van der Waals surface area contributed by atoms with Gasteiger partial charge >= 0.3 is 0 Å². The van der Waals surface area contributed by atoms with E-state index >= 15 is 0 Å². The molecule has 2 atom stereocenters. The molecule has 2 aliphatic rings.